The maximum absolute atomic E-state index is 10.2. The smallest absolute Gasteiger partial charge is 0.119 e. The largest absolute Gasteiger partial charge is 0.491 e. The summed E-state index contributed by atoms with van der Waals surface area (Å²) in [6.07, 6.45) is 1.19. The Morgan fingerprint density at radius 2 is 1.86 bits per heavy atom. The number of imidazole rings is 1. The van der Waals surface area contributed by atoms with Crippen molar-refractivity contribution >= 4 is 11.0 Å². The highest BCUT2D eigenvalue weighted by Gasteiger charge is 2.10. The van der Waals surface area contributed by atoms with Crippen LogP contribution in [-0.2, 0) is 6.54 Å². The van der Waals surface area contributed by atoms with Gasteiger partial charge >= 0.3 is 0 Å². The third-order valence-electron chi connectivity index (χ3n) is 3.83. The minimum absolute atomic E-state index is 0.258. The van der Waals surface area contributed by atoms with E-state index in [2.05, 4.69) is 31.0 Å². The van der Waals surface area contributed by atoms with E-state index in [4.69, 9.17) is 4.74 Å². The summed E-state index contributed by atoms with van der Waals surface area (Å²) in [5, 5.41) is 10.2. The fraction of sp³-hybridized carbons (Fsp3) is 0.278. The highest BCUT2D eigenvalue weighted by Crippen LogP contribution is 2.19. The van der Waals surface area contributed by atoms with Crippen molar-refractivity contribution in [2.75, 3.05) is 6.61 Å². The Balaban J connectivity index is 1.69. The molecule has 0 unspecified atom stereocenters. The maximum Gasteiger partial charge on any atom is 0.119 e. The molecule has 0 aliphatic rings. The number of aryl methyl sites for hydroxylation is 2. The summed E-state index contributed by atoms with van der Waals surface area (Å²) in [6, 6.07) is 13.7. The van der Waals surface area contributed by atoms with Crippen molar-refractivity contribution in [2.45, 2.75) is 26.5 Å². The third kappa shape index (κ3) is 3.12. The average molecular weight is 296 g/mol. The van der Waals surface area contributed by atoms with Crippen LogP contribution in [0.15, 0.2) is 48.8 Å². The zero-order chi connectivity index (χ0) is 15.5. The first kappa shape index (κ1) is 14.6. The summed E-state index contributed by atoms with van der Waals surface area (Å²) in [6.45, 7) is 4.89. The number of nitrogens with zero attached hydrogens (tertiary/aromatic N) is 2. The molecular formula is C18H20N2O2. The van der Waals surface area contributed by atoms with E-state index in [1.807, 2.05) is 34.9 Å². The van der Waals surface area contributed by atoms with Crippen molar-refractivity contribution in [3.63, 3.8) is 0 Å². The van der Waals surface area contributed by atoms with E-state index in [1.54, 1.807) is 6.33 Å². The summed E-state index contributed by atoms with van der Waals surface area (Å²) in [7, 11) is 0. The summed E-state index contributed by atoms with van der Waals surface area (Å²) < 4.78 is 7.56. The van der Waals surface area contributed by atoms with Crippen LogP contribution >= 0.6 is 0 Å². The van der Waals surface area contributed by atoms with Crippen LogP contribution in [0.5, 0.6) is 5.75 Å². The van der Waals surface area contributed by atoms with Gasteiger partial charge in [-0.05, 0) is 49.2 Å². The quantitative estimate of drug-likeness (QED) is 0.787. The number of rotatable bonds is 5. The summed E-state index contributed by atoms with van der Waals surface area (Å²) in [4.78, 5) is 4.40. The SMILES string of the molecule is Cc1cc2ncn(C[C@H](O)COc3ccccc3)c2cc1C. The number of aliphatic hydroxyl groups excluding tert-OH is 1. The molecule has 0 aliphatic heterocycles. The van der Waals surface area contributed by atoms with Gasteiger partial charge in [0.15, 0.2) is 0 Å². The number of para-hydroxylation sites is 1. The molecule has 0 aliphatic carbocycles. The van der Waals surface area contributed by atoms with Crippen LogP contribution in [0.4, 0.5) is 0 Å². The van der Waals surface area contributed by atoms with Crippen molar-refractivity contribution in [1.29, 1.82) is 0 Å². The Morgan fingerprint density at radius 3 is 2.64 bits per heavy atom. The standard InChI is InChI=1S/C18H20N2O2/c1-13-8-17-18(9-14(13)2)20(12-19-17)10-15(21)11-22-16-6-4-3-5-7-16/h3-9,12,15,21H,10-11H2,1-2H3/t15-/m0/s1. The van der Waals surface area contributed by atoms with Gasteiger partial charge in [0.05, 0.1) is 23.9 Å². The van der Waals surface area contributed by atoms with Crippen LogP contribution in [0, 0.1) is 13.8 Å². The lowest BCUT2D eigenvalue weighted by Gasteiger charge is -2.14. The van der Waals surface area contributed by atoms with E-state index in [1.165, 1.54) is 11.1 Å². The molecule has 1 N–H and O–H groups in total. The van der Waals surface area contributed by atoms with Crippen molar-refractivity contribution < 1.29 is 9.84 Å². The van der Waals surface area contributed by atoms with Crippen LogP contribution in [0.25, 0.3) is 11.0 Å². The van der Waals surface area contributed by atoms with Gasteiger partial charge in [-0.2, -0.15) is 0 Å². The Hall–Kier alpha value is -2.33. The zero-order valence-electron chi connectivity index (χ0n) is 12.9. The van der Waals surface area contributed by atoms with Crippen LogP contribution < -0.4 is 4.74 Å². The van der Waals surface area contributed by atoms with E-state index >= 15 is 0 Å². The van der Waals surface area contributed by atoms with Crippen LogP contribution in [0.1, 0.15) is 11.1 Å². The molecule has 2 aromatic carbocycles. The molecule has 3 rings (SSSR count). The Bertz CT molecular complexity index is 765. The van der Waals surface area contributed by atoms with Crippen LogP contribution in [0.2, 0.25) is 0 Å². The molecule has 1 heterocycles. The van der Waals surface area contributed by atoms with Crippen LogP contribution in [-0.4, -0.2) is 27.4 Å². The predicted octanol–water partition coefficient (Wildman–Crippen LogP) is 3.09. The minimum Gasteiger partial charge on any atom is -0.491 e. The molecule has 0 fully saturated rings. The van der Waals surface area contributed by atoms with E-state index in [0.29, 0.717) is 6.54 Å². The number of fused-ring (bicyclic) bond motifs is 1. The molecule has 0 bridgehead atoms. The lowest BCUT2D eigenvalue weighted by atomic mass is 10.1. The molecule has 0 saturated heterocycles. The Kier molecular flexibility index (Phi) is 4.11. The van der Waals surface area contributed by atoms with E-state index < -0.39 is 6.10 Å². The second kappa shape index (κ2) is 6.20. The number of hydrogen-bond donors (Lipinski definition) is 1. The lowest BCUT2D eigenvalue weighted by molar-refractivity contribution is 0.0934. The first-order valence-corrected chi connectivity index (χ1v) is 7.41. The van der Waals surface area contributed by atoms with E-state index in [0.717, 1.165) is 16.8 Å². The first-order valence-electron chi connectivity index (χ1n) is 7.41. The third-order valence-corrected chi connectivity index (χ3v) is 3.83. The van der Waals surface area contributed by atoms with Crippen molar-refractivity contribution in [3.8, 4) is 5.75 Å². The normalized spacial score (nSPS) is 12.5. The first-order chi connectivity index (χ1) is 10.6. The molecule has 0 saturated carbocycles. The average Bonchev–Trinajstić information content (AvgIpc) is 2.89. The molecule has 0 amide bonds. The van der Waals surface area contributed by atoms with Crippen molar-refractivity contribution in [1.82, 2.24) is 9.55 Å². The molecule has 3 aromatic rings. The molecule has 4 nitrogen and oxygen atoms in total. The topological polar surface area (TPSA) is 47.3 Å². The minimum atomic E-state index is -0.584. The van der Waals surface area contributed by atoms with Gasteiger partial charge in [0.1, 0.15) is 18.5 Å². The van der Waals surface area contributed by atoms with Gasteiger partial charge in [-0.3, -0.25) is 0 Å². The lowest BCUT2D eigenvalue weighted by Crippen LogP contribution is -2.23. The molecule has 114 valence electrons. The molecular weight excluding hydrogens is 276 g/mol. The van der Waals surface area contributed by atoms with Gasteiger partial charge in [-0.15, -0.1) is 0 Å². The maximum atomic E-state index is 10.2. The zero-order valence-corrected chi connectivity index (χ0v) is 12.9. The number of aromatic nitrogens is 2. The number of ether oxygens (including phenoxy) is 1. The van der Waals surface area contributed by atoms with Gasteiger partial charge in [-0.25, -0.2) is 4.98 Å². The van der Waals surface area contributed by atoms with Crippen LogP contribution in [0.3, 0.4) is 0 Å². The van der Waals surface area contributed by atoms with Gasteiger partial charge < -0.3 is 14.4 Å². The van der Waals surface area contributed by atoms with Gasteiger partial charge in [0, 0.05) is 0 Å². The van der Waals surface area contributed by atoms with Gasteiger partial charge in [0.25, 0.3) is 0 Å². The van der Waals surface area contributed by atoms with Gasteiger partial charge in [-0.1, -0.05) is 18.2 Å². The molecule has 1 aromatic heterocycles. The fourth-order valence-electron chi connectivity index (χ4n) is 2.45. The predicted molar refractivity (Wildman–Crippen MR) is 87.2 cm³/mol. The van der Waals surface area contributed by atoms with E-state index in [9.17, 15) is 5.11 Å². The number of benzene rings is 2. The molecule has 1 atom stereocenters. The van der Waals surface area contributed by atoms with E-state index in [-0.39, 0.29) is 6.61 Å². The highest BCUT2D eigenvalue weighted by atomic mass is 16.5. The van der Waals surface area contributed by atoms with Gasteiger partial charge in [0.2, 0.25) is 0 Å². The Morgan fingerprint density at radius 1 is 1.14 bits per heavy atom. The highest BCUT2D eigenvalue weighted by molar-refractivity contribution is 5.77. The molecule has 22 heavy (non-hydrogen) atoms. The molecule has 4 heteroatoms. The Labute approximate surface area is 130 Å². The number of aliphatic hydroxyl groups is 1. The number of hydrogen-bond acceptors (Lipinski definition) is 3. The monoisotopic (exact) mass is 296 g/mol. The molecule has 0 spiro atoms. The van der Waals surface area contributed by atoms with Crippen molar-refractivity contribution in [3.05, 3.63) is 59.9 Å². The van der Waals surface area contributed by atoms with Crippen molar-refractivity contribution in [2.24, 2.45) is 0 Å². The summed E-state index contributed by atoms with van der Waals surface area (Å²) in [5.74, 6) is 0.767. The second-order valence-corrected chi connectivity index (χ2v) is 5.60. The fourth-order valence-corrected chi connectivity index (χ4v) is 2.45. The molecule has 0 radical (unpaired) electrons. The second-order valence-electron chi connectivity index (χ2n) is 5.60. The summed E-state index contributed by atoms with van der Waals surface area (Å²) in [5.41, 5.74) is 4.45. The summed E-state index contributed by atoms with van der Waals surface area (Å²) >= 11 is 0.